The molecule has 1 saturated heterocycles. The van der Waals surface area contributed by atoms with Crippen LogP contribution in [0.15, 0.2) is 40.7 Å². The molecule has 1 aliphatic rings. The van der Waals surface area contributed by atoms with Crippen molar-refractivity contribution in [3.05, 3.63) is 46.2 Å². The zero-order valence-corrected chi connectivity index (χ0v) is 20.2. The molecule has 0 spiro atoms. The first-order chi connectivity index (χ1) is 13.7. The van der Waals surface area contributed by atoms with Crippen molar-refractivity contribution in [1.82, 2.24) is 15.5 Å². The molecule has 0 aliphatic carbocycles. The van der Waals surface area contributed by atoms with Gasteiger partial charge in [-0.1, -0.05) is 12.1 Å². The summed E-state index contributed by atoms with van der Waals surface area (Å²) in [6.45, 7) is 3.83. The minimum absolute atomic E-state index is 0. The Bertz CT molecular complexity index is 764. The highest BCUT2D eigenvalue weighted by Crippen LogP contribution is 2.28. The molecule has 2 aromatic rings. The molecule has 3 N–H and O–H groups in total. The van der Waals surface area contributed by atoms with Crippen molar-refractivity contribution in [3.63, 3.8) is 0 Å². The van der Waals surface area contributed by atoms with E-state index in [0.717, 1.165) is 31.2 Å². The van der Waals surface area contributed by atoms with Gasteiger partial charge in [0.25, 0.3) is 0 Å². The monoisotopic (exact) mass is 530 g/mol. The molecule has 1 aromatic carbocycles. The lowest BCUT2D eigenvalue weighted by molar-refractivity contribution is 0.249. The van der Waals surface area contributed by atoms with Crippen LogP contribution >= 0.6 is 35.3 Å². The van der Waals surface area contributed by atoms with Gasteiger partial charge in [0.2, 0.25) is 0 Å². The predicted molar refractivity (Wildman–Crippen MR) is 131 cm³/mol. The van der Waals surface area contributed by atoms with E-state index in [4.69, 9.17) is 4.74 Å². The normalized spacial score (nSPS) is 15.6. The molecule has 0 amide bonds. The largest absolute Gasteiger partial charge is 0.508 e. The van der Waals surface area contributed by atoms with Crippen molar-refractivity contribution in [2.75, 3.05) is 40.3 Å². The summed E-state index contributed by atoms with van der Waals surface area (Å²) in [7, 11) is 3.38. The number of guanidine groups is 1. The fourth-order valence-electron chi connectivity index (χ4n) is 3.56. The number of halogens is 1. The van der Waals surface area contributed by atoms with Gasteiger partial charge in [0.15, 0.2) is 5.96 Å². The van der Waals surface area contributed by atoms with Crippen LogP contribution in [0.1, 0.15) is 29.3 Å². The quantitative estimate of drug-likeness (QED) is 0.277. The summed E-state index contributed by atoms with van der Waals surface area (Å²) < 4.78 is 5.13. The molecular weight excluding hydrogens is 499 g/mol. The van der Waals surface area contributed by atoms with Gasteiger partial charge in [-0.25, -0.2) is 0 Å². The maximum absolute atomic E-state index is 10.1. The minimum atomic E-state index is 0. The van der Waals surface area contributed by atoms with Gasteiger partial charge in [-0.15, -0.1) is 35.3 Å². The zero-order valence-electron chi connectivity index (χ0n) is 17.1. The van der Waals surface area contributed by atoms with Gasteiger partial charge < -0.3 is 20.5 Å². The summed E-state index contributed by atoms with van der Waals surface area (Å²) in [5.74, 6) is 1.71. The molecule has 1 atom stereocenters. The van der Waals surface area contributed by atoms with E-state index in [0.29, 0.717) is 24.8 Å². The van der Waals surface area contributed by atoms with Crippen molar-refractivity contribution in [2.45, 2.75) is 25.3 Å². The van der Waals surface area contributed by atoms with Crippen molar-refractivity contribution in [3.8, 4) is 11.5 Å². The van der Waals surface area contributed by atoms with Crippen LogP contribution < -0.4 is 15.4 Å². The second-order valence-corrected chi connectivity index (χ2v) is 7.88. The number of aliphatic imine (C=N–C) groups is 1. The lowest BCUT2D eigenvalue weighted by atomic mass is 10.1. The third-order valence-electron chi connectivity index (χ3n) is 5.12. The first kappa shape index (κ1) is 23.8. The molecule has 0 saturated carbocycles. The number of aromatic hydroxyl groups is 1. The van der Waals surface area contributed by atoms with Gasteiger partial charge in [-0.2, -0.15) is 0 Å². The van der Waals surface area contributed by atoms with Crippen molar-refractivity contribution in [1.29, 1.82) is 0 Å². The Hall–Kier alpha value is -1.52. The smallest absolute Gasteiger partial charge is 0.191 e. The molecule has 8 heteroatoms. The molecule has 1 aromatic heterocycles. The maximum Gasteiger partial charge on any atom is 0.191 e. The van der Waals surface area contributed by atoms with Crippen LogP contribution in [0.2, 0.25) is 0 Å². The Morgan fingerprint density at radius 1 is 1.28 bits per heavy atom. The molecule has 2 heterocycles. The van der Waals surface area contributed by atoms with Crippen LogP contribution in [0.25, 0.3) is 0 Å². The average molecular weight is 530 g/mol. The summed E-state index contributed by atoms with van der Waals surface area (Å²) in [6, 6.07) is 10.1. The van der Waals surface area contributed by atoms with Crippen molar-refractivity contribution in [2.24, 2.45) is 4.99 Å². The summed E-state index contributed by atoms with van der Waals surface area (Å²) in [5.41, 5.74) is 0.886. The number of methoxy groups -OCH3 is 1. The number of ether oxygens (including phenoxy) is 1. The van der Waals surface area contributed by atoms with Gasteiger partial charge in [0.1, 0.15) is 11.5 Å². The molecular formula is C21H31IN4O2S. The number of likely N-dealkylation sites (tertiary alicyclic amines) is 1. The number of thiophene rings is 1. The predicted octanol–water partition coefficient (Wildman–Crippen LogP) is 3.62. The molecule has 3 rings (SSSR count). The summed E-state index contributed by atoms with van der Waals surface area (Å²) >= 11 is 1.82. The lowest BCUT2D eigenvalue weighted by Gasteiger charge is -2.27. The number of hydrogen-bond acceptors (Lipinski definition) is 5. The van der Waals surface area contributed by atoms with Gasteiger partial charge in [-0.05, 0) is 55.4 Å². The maximum atomic E-state index is 10.1. The van der Waals surface area contributed by atoms with Crippen LogP contribution in [-0.2, 0) is 6.42 Å². The Kier molecular flexibility index (Phi) is 10.0. The van der Waals surface area contributed by atoms with Gasteiger partial charge in [-0.3, -0.25) is 9.89 Å². The Labute approximate surface area is 194 Å². The van der Waals surface area contributed by atoms with E-state index >= 15 is 0 Å². The summed E-state index contributed by atoms with van der Waals surface area (Å²) in [6.07, 6.45) is 3.26. The molecule has 1 aliphatic heterocycles. The summed E-state index contributed by atoms with van der Waals surface area (Å²) in [4.78, 5) is 8.30. The number of phenols is 1. The fraction of sp³-hybridized carbons (Fsp3) is 0.476. The van der Waals surface area contributed by atoms with E-state index in [-0.39, 0.29) is 29.7 Å². The van der Waals surface area contributed by atoms with Crippen LogP contribution in [0, 0.1) is 0 Å². The minimum Gasteiger partial charge on any atom is -0.508 e. The number of rotatable bonds is 8. The van der Waals surface area contributed by atoms with E-state index in [2.05, 4.69) is 38.0 Å². The van der Waals surface area contributed by atoms with Crippen LogP contribution in [0.4, 0.5) is 0 Å². The first-order valence-electron chi connectivity index (χ1n) is 9.79. The van der Waals surface area contributed by atoms with E-state index in [1.54, 1.807) is 20.2 Å². The van der Waals surface area contributed by atoms with Gasteiger partial charge in [0.05, 0.1) is 13.2 Å². The number of benzene rings is 1. The molecule has 6 nitrogen and oxygen atoms in total. The number of phenolic OH excluding ortho intramolecular Hbond substituents is 1. The number of nitrogens with zero attached hydrogens (tertiary/aromatic N) is 2. The van der Waals surface area contributed by atoms with Gasteiger partial charge >= 0.3 is 0 Å². The summed E-state index contributed by atoms with van der Waals surface area (Å²) in [5, 5.41) is 19.1. The fourth-order valence-corrected chi connectivity index (χ4v) is 4.42. The topological polar surface area (TPSA) is 69.1 Å². The second kappa shape index (κ2) is 12.2. The Morgan fingerprint density at radius 3 is 2.69 bits per heavy atom. The molecule has 0 radical (unpaired) electrons. The van der Waals surface area contributed by atoms with Crippen molar-refractivity contribution < 1.29 is 9.84 Å². The first-order valence-corrected chi connectivity index (χ1v) is 10.7. The molecule has 0 bridgehead atoms. The Balaban J connectivity index is 0.00000300. The second-order valence-electron chi connectivity index (χ2n) is 6.90. The third kappa shape index (κ3) is 6.75. The van der Waals surface area contributed by atoms with Gasteiger partial charge in [0, 0.05) is 31.1 Å². The highest BCUT2D eigenvalue weighted by Gasteiger charge is 2.24. The standard InChI is InChI=1S/C21H30N4O2S.HI/c1-22-21(23-10-9-16-7-8-17(27-2)14-19(16)26)24-15-18(20-6-5-13-28-20)25-11-3-4-12-25;/h5-8,13-14,18,26H,3-4,9-12,15H2,1-2H3,(H2,22,23,24);1H. The molecule has 1 unspecified atom stereocenters. The van der Waals surface area contributed by atoms with Crippen LogP contribution in [-0.4, -0.2) is 56.3 Å². The van der Waals surface area contributed by atoms with E-state index in [9.17, 15) is 5.11 Å². The number of hydrogen-bond donors (Lipinski definition) is 3. The number of nitrogens with one attached hydrogen (secondary N) is 2. The Morgan fingerprint density at radius 2 is 2.07 bits per heavy atom. The lowest BCUT2D eigenvalue weighted by Crippen LogP contribution is -2.43. The molecule has 1 fully saturated rings. The van der Waals surface area contributed by atoms with Crippen LogP contribution in [0.3, 0.4) is 0 Å². The third-order valence-corrected chi connectivity index (χ3v) is 6.09. The molecule has 160 valence electrons. The molecule has 29 heavy (non-hydrogen) atoms. The average Bonchev–Trinajstić information content (AvgIpc) is 3.42. The van der Waals surface area contributed by atoms with E-state index < -0.39 is 0 Å². The zero-order chi connectivity index (χ0) is 19.8. The van der Waals surface area contributed by atoms with E-state index in [1.807, 2.05) is 23.5 Å². The highest BCUT2D eigenvalue weighted by atomic mass is 127. The van der Waals surface area contributed by atoms with Crippen LogP contribution in [0.5, 0.6) is 11.5 Å². The van der Waals surface area contributed by atoms with E-state index in [1.165, 1.54) is 17.7 Å². The SMILES string of the molecule is CN=C(NCCc1ccc(OC)cc1O)NCC(c1cccs1)N1CCCC1.I. The highest BCUT2D eigenvalue weighted by molar-refractivity contribution is 14.0. The van der Waals surface area contributed by atoms with Crippen molar-refractivity contribution >= 4 is 41.3 Å².